The molecule has 4 N–H and O–H groups in total. The molecule has 0 fully saturated rings. The number of ether oxygens (including phenoxy) is 2. The van der Waals surface area contributed by atoms with E-state index < -0.39 is 0 Å². The summed E-state index contributed by atoms with van der Waals surface area (Å²) in [5.74, 6) is 1.10. The van der Waals surface area contributed by atoms with Crippen LogP contribution in [-0.4, -0.2) is 32.5 Å². The number of methoxy groups -OCH3 is 2. The molecule has 0 spiro atoms. The highest BCUT2D eigenvalue weighted by molar-refractivity contribution is 5.74. The summed E-state index contributed by atoms with van der Waals surface area (Å²) in [6.45, 7) is 0.497. The van der Waals surface area contributed by atoms with Crippen molar-refractivity contribution in [2.75, 3.05) is 38.4 Å². The Morgan fingerprint density at radius 1 is 1.33 bits per heavy atom. The molecule has 0 bridgehead atoms. The minimum absolute atomic E-state index is 0.0507. The lowest BCUT2D eigenvalue weighted by Gasteiger charge is -2.14. The molecule has 1 rings (SSSR count). The second kappa shape index (κ2) is 5.31. The third-order valence-electron chi connectivity index (χ3n) is 2.01. The molecule has 1 aromatic carbocycles. The van der Waals surface area contributed by atoms with Crippen LogP contribution in [0.5, 0.6) is 11.5 Å². The van der Waals surface area contributed by atoms with Gasteiger partial charge in [0.25, 0.3) is 0 Å². The average molecular weight is 212 g/mol. The van der Waals surface area contributed by atoms with E-state index in [0.29, 0.717) is 23.7 Å². The smallest absolute Gasteiger partial charge is 0.168 e. The molecule has 5 nitrogen and oxygen atoms in total. The van der Waals surface area contributed by atoms with Crippen molar-refractivity contribution in [3.63, 3.8) is 0 Å². The zero-order valence-electron chi connectivity index (χ0n) is 8.91. The normalized spacial score (nSPS) is 9.80. The maximum Gasteiger partial charge on any atom is 0.168 e. The van der Waals surface area contributed by atoms with E-state index in [1.807, 2.05) is 0 Å². The second-order valence-electron chi connectivity index (χ2n) is 2.91. The summed E-state index contributed by atoms with van der Waals surface area (Å²) in [6.07, 6.45) is 0. The molecular formula is C10H16N2O3. The first-order valence-corrected chi connectivity index (χ1v) is 4.59. The first-order valence-electron chi connectivity index (χ1n) is 4.59. The summed E-state index contributed by atoms with van der Waals surface area (Å²) in [5.41, 5.74) is 7.01. The molecule has 0 amide bonds. The number of anilines is 2. The summed E-state index contributed by atoms with van der Waals surface area (Å²) < 4.78 is 10.2. The standard InChI is InChI=1S/C10H16N2O3/c1-14-8-4-3-7(12-5-6-13)10(15-2)9(8)11/h3-4,12-13H,5-6,11H2,1-2H3. The molecule has 0 aliphatic heterocycles. The van der Waals surface area contributed by atoms with Crippen molar-refractivity contribution in [3.05, 3.63) is 12.1 Å². The molecule has 0 aliphatic rings. The predicted molar refractivity (Wildman–Crippen MR) is 59.5 cm³/mol. The zero-order chi connectivity index (χ0) is 11.3. The van der Waals surface area contributed by atoms with Gasteiger partial charge in [-0.05, 0) is 12.1 Å². The summed E-state index contributed by atoms with van der Waals surface area (Å²) in [5, 5.41) is 11.7. The molecule has 0 atom stereocenters. The molecule has 0 aliphatic carbocycles. The summed E-state index contributed by atoms with van der Waals surface area (Å²) >= 11 is 0. The van der Waals surface area contributed by atoms with Gasteiger partial charge in [0.1, 0.15) is 11.4 Å². The lowest BCUT2D eigenvalue weighted by atomic mass is 10.2. The van der Waals surface area contributed by atoms with Crippen LogP contribution in [-0.2, 0) is 0 Å². The first-order chi connectivity index (χ1) is 7.24. The van der Waals surface area contributed by atoms with Crippen molar-refractivity contribution in [1.82, 2.24) is 0 Å². The number of hydrogen-bond acceptors (Lipinski definition) is 5. The van der Waals surface area contributed by atoms with Crippen molar-refractivity contribution < 1.29 is 14.6 Å². The molecule has 84 valence electrons. The number of nitrogens with two attached hydrogens (primary N) is 1. The third kappa shape index (κ3) is 2.44. The van der Waals surface area contributed by atoms with Gasteiger partial charge in [-0.2, -0.15) is 0 Å². The molecular weight excluding hydrogens is 196 g/mol. The van der Waals surface area contributed by atoms with Crippen LogP contribution in [0, 0.1) is 0 Å². The number of aliphatic hydroxyl groups excluding tert-OH is 1. The van der Waals surface area contributed by atoms with Crippen molar-refractivity contribution >= 4 is 11.4 Å². The highest BCUT2D eigenvalue weighted by Gasteiger charge is 2.11. The van der Waals surface area contributed by atoms with Crippen molar-refractivity contribution in [3.8, 4) is 11.5 Å². The number of hydrogen-bond donors (Lipinski definition) is 3. The van der Waals surface area contributed by atoms with Crippen LogP contribution < -0.4 is 20.5 Å². The maximum atomic E-state index is 8.70. The number of nitrogen functional groups attached to an aromatic ring is 1. The highest BCUT2D eigenvalue weighted by Crippen LogP contribution is 2.37. The van der Waals surface area contributed by atoms with Crippen LogP contribution >= 0.6 is 0 Å². The van der Waals surface area contributed by atoms with Crippen molar-refractivity contribution in [2.24, 2.45) is 0 Å². The van der Waals surface area contributed by atoms with E-state index in [1.165, 1.54) is 7.11 Å². The van der Waals surface area contributed by atoms with E-state index in [-0.39, 0.29) is 6.61 Å². The van der Waals surface area contributed by atoms with E-state index in [9.17, 15) is 0 Å². The Kier molecular flexibility index (Phi) is 4.05. The van der Waals surface area contributed by atoms with Gasteiger partial charge < -0.3 is 25.6 Å². The lowest BCUT2D eigenvalue weighted by molar-refractivity contribution is 0.311. The topological polar surface area (TPSA) is 76.7 Å². The minimum Gasteiger partial charge on any atom is -0.494 e. The van der Waals surface area contributed by atoms with Gasteiger partial charge in [0.2, 0.25) is 0 Å². The number of aliphatic hydroxyl groups is 1. The van der Waals surface area contributed by atoms with Gasteiger partial charge >= 0.3 is 0 Å². The molecule has 0 heterocycles. The Morgan fingerprint density at radius 3 is 2.60 bits per heavy atom. The summed E-state index contributed by atoms with van der Waals surface area (Å²) in [6, 6.07) is 3.54. The molecule has 0 aromatic heterocycles. The Labute approximate surface area is 88.8 Å². The SMILES string of the molecule is COc1ccc(NCCO)c(OC)c1N. The van der Waals surface area contributed by atoms with Crippen LogP contribution in [0.4, 0.5) is 11.4 Å². The van der Waals surface area contributed by atoms with Crippen LogP contribution in [0.15, 0.2) is 12.1 Å². The van der Waals surface area contributed by atoms with Gasteiger partial charge in [0.15, 0.2) is 5.75 Å². The molecule has 0 radical (unpaired) electrons. The van der Waals surface area contributed by atoms with Crippen molar-refractivity contribution in [2.45, 2.75) is 0 Å². The number of nitrogens with one attached hydrogen (secondary N) is 1. The Balaban J connectivity index is 3.01. The first kappa shape index (κ1) is 11.5. The van der Waals surface area contributed by atoms with Crippen LogP contribution in [0.3, 0.4) is 0 Å². The molecule has 5 heteroatoms. The number of rotatable bonds is 5. The van der Waals surface area contributed by atoms with Gasteiger partial charge in [0, 0.05) is 6.54 Å². The summed E-state index contributed by atoms with van der Waals surface area (Å²) in [7, 11) is 3.08. The Bertz CT molecular complexity index is 329. The van der Waals surface area contributed by atoms with E-state index in [4.69, 9.17) is 20.3 Å². The van der Waals surface area contributed by atoms with E-state index in [0.717, 1.165) is 5.69 Å². The fraction of sp³-hybridized carbons (Fsp3) is 0.400. The Morgan fingerprint density at radius 2 is 2.07 bits per heavy atom. The Hall–Kier alpha value is -1.62. The second-order valence-corrected chi connectivity index (χ2v) is 2.91. The van der Waals surface area contributed by atoms with Crippen molar-refractivity contribution in [1.29, 1.82) is 0 Å². The zero-order valence-corrected chi connectivity index (χ0v) is 8.91. The molecule has 0 saturated heterocycles. The average Bonchev–Trinajstić information content (AvgIpc) is 2.26. The van der Waals surface area contributed by atoms with Gasteiger partial charge in [-0.3, -0.25) is 0 Å². The van der Waals surface area contributed by atoms with E-state index in [2.05, 4.69) is 5.32 Å². The minimum atomic E-state index is 0.0507. The fourth-order valence-electron chi connectivity index (χ4n) is 1.31. The van der Waals surface area contributed by atoms with Crippen LogP contribution in [0.1, 0.15) is 0 Å². The van der Waals surface area contributed by atoms with Gasteiger partial charge in [-0.1, -0.05) is 0 Å². The largest absolute Gasteiger partial charge is 0.494 e. The van der Waals surface area contributed by atoms with Crippen LogP contribution in [0.25, 0.3) is 0 Å². The van der Waals surface area contributed by atoms with E-state index in [1.54, 1.807) is 19.2 Å². The third-order valence-corrected chi connectivity index (χ3v) is 2.01. The van der Waals surface area contributed by atoms with Gasteiger partial charge in [-0.15, -0.1) is 0 Å². The highest BCUT2D eigenvalue weighted by atomic mass is 16.5. The predicted octanol–water partition coefficient (Wildman–Crippen LogP) is 0.690. The molecule has 0 saturated carbocycles. The lowest BCUT2D eigenvalue weighted by Crippen LogP contribution is -2.08. The van der Waals surface area contributed by atoms with Gasteiger partial charge in [0.05, 0.1) is 26.5 Å². The maximum absolute atomic E-state index is 8.70. The number of benzene rings is 1. The molecule has 0 unspecified atom stereocenters. The fourth-order valence-corrected chi connectivity index (χ4v) is 1.31. The molecule has 15 heavy (non-hydrogen) atoms. The molecule has 1 aromatic rings. The monoisotopic (exact) mass is 212 g/mol. The summed E-state index contributed by atoms with van der Waals surface area (Å²) in [4.78, 5) is 0. The van der Waals surface area contributed by atoms with Crippen LogP contribution in [0.2, 0.25) is 0 Å². The van der Waals surface area contributed by atoms with E-state index >= 15 is 0 Å². The quantitative estimate of drug-likeness (QED) is 0.626. The van der Waals surface area contributed by atoms with Gasteiger partial charge in [-0.25, -0.2) is 0 Å².